The second-order valence-electron chi connectivity index (χ2n) is 6.54. The molecule has 0 unspecified atom stereocenters. The molecular weight excluding hydrogens is 300 g/mol. The van der Waals surface area contributed by atoms with Gasteiger partial charge in [0.05, 0.1) is 10.4 Å². The van der Waals surface area contributed by atoms with E-state index in [1.54, 1.807) is 0 Å². The minimum Gasteiger partial charge on any atom is -0.392 e. The lowest BCUT2D eigenvalue weighted by Crippen LogP contribution is -2.52. The average Bonchev–Trinajstić information content (AvgIpc) is 2.75. The number of hydrogen-bond donors (Lipinski definition) is 2. The third-order valence-electron chi connectivity index (χ3n) is 5.21. The molecule has 2 fully saturated rings. The molecule has 120 valence electrons. The van der Waals surface area contributed by atoms with Crippen LogP contribution in [-0.2, 0) is 4.79 Å². The fraction of sp³-hybridized carbons (Fsp3) is 0.875. The molecule has 0 aliphatic heterocycles. The van der Waals surface area contributed by atoms with Gasteiger partial charge in [0.1, 0.15) is 0 Å². The van der Waals surface area contributed by atoms with Crippen LogP contribution in [0.15, 0.2) is 0 Å². The Morgan fingerprint density at radius 1 is 1.14 bits per heavy atom. The molecule has 0 heterocycles. The molecular formula is C16H28N2OS2. The quantitative estimate of drug-likeness (QED) is 0.613. The molecule has 2 saturated carbocycles. The number of amides is 1. The zero-order valence-corrected chi connectivity index (χ0v) is 14.7. The van der Waals surface area contributed by atoms with Gasteiger partial charge in [-0.05, 0) is 44.8 Å². The Morgan fingerprint density at radius 3 is 2.19 bits per heavy atom. The number of rotatable bonds is 4. The van der Waals surface area contributed by atoms with Crippen molar-refractivity contribution in [2.45, 2.75) is 75.5 Å². The normalized spacial score (nSPS) is 29.4. The highest BCUT2D eigenvalue weighted by Crippen LogP contribution is 2.36. The molecule has 0 aromatic rings. The Balaban J connectivity index is 1.97. The van der Waals surface area contributed by atoms with Crippen LogP contribution in [0, 0.1) is 5.41 Å². The summed E-state index contributed by atoms with van der Waals surface area (Å²) in [5.74, 6) is 0.101. The van der Waals surface area contributed by atoms with Gasteiger partial charge in [-0.2, -0.15) is 11.8 Å². The van der Waals surface area contributed by atoms with E-state index < -0.39 is 5.41 Å². The van der Waals surface area contributed by atoms with Crippen molar-refractivity contribution in [2.24, 2.45) is 11.1 Å². The van der Waals surface area contributed by atoms with Crippen molar-refractivity contribution in [3.8, 4) is 0 Å². The van der Waals surface area contributed by atoms with Crippen molar-refractivity contribution in [3.63, 3.8) is 0 Å². The average molecular weight is 329 g/mol. The first-order valence-corrected chi connectivity index (χ1v) is 9.92. The van der Waals surface area contributed by atoms with Crippen LogP contribution in [0.1, 0.15) is 64.2 Å². The molecule has 0 atom stereocenters. The van der Waals surface area contributed by atoms with E-state index in [1.807, 2.05) is 11.8 Å². The highest BCUT2D eigenvalue weighted by molar-refractivity contribution is 7.99. The summed E-state index contributed by atoms with van der Waals surface area (Å²) in [7, 11) is 0. The predicted molar refractivity (Wildman–Crippen MR) is 94.6 cm³/mol. The zero-order valence-electron chi connectivity index (χ0n) is 13.0. The van der Waals surface area contributed by atoms with Crippen LogP contribution < -0.4 is 11.1 Å². The maximum absolute atomic E-state index is 12.8. The molecule has 0 aromatic heterocycles. The first kappa shape index (κ1) is 17.1. The Bertz CT molecular complexity index is 370. The number of carbonyl (C=O) groups is 1. The van der Waals surface area contributed by atoms with E-state index in [2.05, 4.69) is 11.6 Å². The number of carbonyl (C=O) groups excluding carboxylic acids is 1. The highest BCUT2D eigenvalue weighted by Gasteiger charge is 2.42. The van der Waals surface area contributed by atoms with Gasteiger partial charge in [0.15, 0.2) is 0 Å². The van der Waals surface area contributed by atoms with Crippen molar-refractivity contribution >= 4 is 34.9 Å². The summed E-state index contributed by atoms with van der Waals surface area (Å²) in [5, 5.41) is 4.03. The molecule has 2 aliphatic carbocycles. The lowest BCUT2D eigenvalue weighted by molar-refractivity contribution is -0.129. The third-order valence-corrected chi connectivity index (χ3v) is 6.73. The van der Waals surface area contributed by atoms with E-state index >= 15 is 0 Å². The third kappa shape index (κ3) is 4.13. The Kier molecular flexibility index (Phi) is 6.35. The van der Waals surface area contributed by atoms with Crippen LogP contribution in [0.5, 0.6) is 0 Å². The van der Waals surface area contributed by atoms with Gasteiger partial charge >= 0.3 is 0 Å². The van der Waals surface area contributed by atoms with E-state index in [4.69, 9.17) is 18.0 Å². The molecule has 0 spiro atoms. The fourth-order valence-electron chi connectivity index (χ4n) is 3.68. The van der Waals surface area contributed by atoms with Gasteiger partial charge in [-0.1, -0.05) is 37.9 Å². The molecule has 0 radical (unpaired) electrons. The maximum Gasteiger partial charge on any atom is 0.233 e. The van der Waals surface area contributed by atoms with Crippen LogP contribution in [0.2, 0.25) is 0 Å². The van der Waals surface area contributed by atoms with Crippen LogP contribution >= 0.6 is 24.0 Å². The molecule has 2 aliphatic rings. The van der Waals surface area contributed by atoms with Gasteiger partial charge in [0.2, 0.25) is 5.91 Å². The molecule has 0 aromatic carbocycles. The molecule has 0 bridgehead atoms. The fourth-order valence-corrected chi connectivity index (χ4v) is 4.72. The highest BCUT2D eigenvalue weighted by atomic mass is 32.2. The maximum atomic E-state index is 12.8. The van der Waals surface area contributed by atoms with Crippen molar-refractivity contribution in [3.05, 3.63) is 0 Å². The van der Waals surface area contributed by atoms with Crippen molar-refractivity contribution in [1.29, 1.82) is 0 Å². The van der Waals surface area contributed by atoms with Crippen molar-refractivity contribution in [1.82, 2.24) is 5.32 Å². The summed E-state index contributed by atoms with van der Waals surface area (Å²) in [6.45, 7) is 0. The van der Waals surface area contributed by atoms with Gasteiger partial charge in [0, 0.05) is 11.3 Å². The molecule has 3 nitrogen and oxygen atoms in total. The molecule has 5 heteroatoms. The van der Waals surface area contributed by atoms with Crippen LogP contribution in [0.4, 0.5) is 0 Å². The van der Waals surface area contributed by atoms with Crippen LogP contribution in [0.25, 0.3) is 0 Å². The van der Waals surface area contributed by atoms with Gasteiger partial charge < -0.3 is 11.1 Å². The summed E-state index contributed by atoms with van der Waals surface area (Å²) < 4.78 is 0. The van der Waals surface area contributed by atoms with Gasteiger partial charge in [-0.25, -0.2) is 0 Å². The van der Waals surface area contributed by atoms with E-state index in [-0.39, 0.29) is 5.91 Å². The summed E-state index contributed by atoms with van der Waals surface area (Å²) in [6, 6.07) is 0.315. The number of nitrogens with two attached hydrogens (primary N) is 1. The van der Waals surface area contributed by atoms with Crippen LogP contribution in [-0.4, -0.2) is 28.4 Å². The smallest absolute Gasteiger partial charge is 0.233 e. The Hall–Kier alpha value is -0.290. The van der Waals surface area contributed by atoms with E-state index in [0.29, 0.717) is 11.0 Å². The second kappa shape index (κ2) is 7.82. The molecule has 3 N–H and O–H groups in total. The lowest BCUT2D eigenvalue weighted by Gasteiger charge is -2.34. The van der Waals surface area contributed by atoms with Crippen molar-refractivity contribution in [2.75, 3.05) is 6.26 Å². The SMILES string of the molecule is CSC1CCC(NC(=O)C2(C(N)=S)CCCCCC2)CC1. The standard InChI is InChI=1S/C16H28N2OS2/c1-21-13-8-6-12(7-9-13)18-15(19)16(14(17)20)10-4-2-3-5-11-16/h12-13H,2-11H2,1H3,(H2,17,20)(H,18,19). The summed E-state index contributed by atoms with van der Waals surface area (Å²) in [5.41, 5.74) is 5.41. The molecule has 1 amide bonds. The number of nitrogens with one attached hydrogen (secondary N) is 1. The lowest BCUT2D eigenvalue weighted by atomic mass is 9.78. The molecule has 21 heavy (non-hydrogen) atoms. The zero-order chi connectivity index (χ0) is 15.3. The first-order chi connectivity index (χ1) is 10.1. The van der Waals surface area contributed by atoms with Gasteiger partial charge in [-0.15, -0.1) is 0 Å². The Morgan fingerprint density at radius 2 is 1.71 bits per heavy atom. The van der Waals surface area contributed by atoms with E-state index in [1.165, 1.54) is 25.7 Å². The summed E-state index contributed by atoms with van der Waals surface area (Å²) >= 11 is 7.23. The minimum absolute atomic E-state index is 0.101. The summed E-state index contributed by atoms with van der Waals surface area (Å²) in [6.07, 6.45) is 12.9. The van der Waals surface area contributed by atoms with Gasteiger partial charge in [-0.3, -0.25) is 4.79 Å². The summed E-state index contributed by atoms with van der Waals surface area (Å²) in [4.78, 5) is 13.3. The monoisotopic (exact) mass is 328 g/mol. The minimum atomic E-state index is -0.581. The number of thiocarbonyl (C=S) groups is 1. The first-order valence-electron chi connectivity index (χ1n) is 8.22. The largest absolute Gasteiger partial charge is 0.392 e. The van der Waals surface area contributed by atoms with Gasteiger partial charge in [0.25, 0.3) is 0 Å². The Labute approximate surface area is 138 Å². The molecule has 2 rings (SSSR count). The molecule has 0 saturated heterocycles. The second-order valence-corrected chi connectivity index (χ2v) is 8.12. The van der Waals surface area contributed by atoms with E-state index in [9.17, 15) is 4.79 Å². The van der Waals surface area contributed by atoms with Crippen LogP contribution in [0.3, 0.4) is 0 Å². The predicted octanol–water partition coefficient (Wildman–Crippen LogP) is 3.40. The van der Waals surface area contributed by atoms with Crippen molar-refractivity contribution < 1.29 is 4.79 Å². The van der Waals surface area contributed by atoms with E-state index in [0.717, 1.165) is 43.8 Å². The topological polar surface area (TPSA) is 55.1 Å². The number of thioether (sulfide) groups is 1. The number of hydrogen-bond acceptors (Lipinski definition) is 3.